The average molecular weight is 363 g/mol. The number of aromatic amines is 1. The Bertz CT molecular complexity index is 985. The number of rotatable bonds is 4. The number of nitrogens with zero attached hydrogens (tertiary/aromatic N) is 6. The molecule has 3 aromatic heterocycles. The lowest BCUT2D eigenvalue weighted by Crippen LogP contribution is -2.47. The second-order valence-electron chi connectivity index (χ2n) is 7.06. The van der Waals surface area contributed by atoms with Crippen LogP contribution >= 0.6 is 0 Å². The van der Waals surface area contributed by atoms with Gasteiger partial charge in [0.25, 0.3) is 5.56 Å². The Kier molecular flexibility index (Phi) is 3.97. The van der Waals surface area contributed by atoms with Gasteiger partial charge in [-0.25, -0.2) is 14.6 Å². The van der Waals surface area contributed by atoms with Crippen LogP contribution in [0.15, 0.2) is 47.9 Å². The molecular weight excluding hydrogens is 342 g/mol. The van der Waals surface area contributed by atoms with Crippen LogP contribution in [0.1, 0.15) is 12.8 Å². The van der Waals surface area contributed by atoms with Crippen molar-refractivity contribution in [3.8, 4) is 16.9 Å². The molecule has 1 N–H and O–H groups in total. The molecule has 0 bridgehead atoms. The quantitative estimate of drug-likeness (QED) is 0.752. The summed E-state index contributed by atoms with van der Waals surface area (Å²) in [4.78, 5) is 30.4. The van der Waals surface area contributed by atoms with Gasteiger partial charge in [-0.15, -0.1) is 0 Å². The summed E-state index contributed by atoms with van der Waals surface area (Å²) in [5, 5.41) is 3.01. The number of hydrogen-bond acceptors (Lipinski definition) is 6. The fraction of sp³-hybridized carbons (Fsp3) is 0.368. The Morgan fingerprint density at radius 2 is 1.89 bits per heavy atom. The normalized spacial score (nSPS) is 18.0. The highest BCUT2D eigenvalue weighted by molar-refractivity contribution is 5.60. The van der Waals surface area contributed by atoms with Crippen LogP contribution in [0.3, 0.4) is 0 Å². The zero-order chi connectivity index (χ0) is 18.2. The van der Waals surface area contributed by atoms with Gasteiger partial charge in [0.2, 0.25) is 0 Å². The third-order valence-corrected chi connectivity index (χ3v) is 5.31. The fourth-order valence-electron chi connectivity index (χ4n) is 3.66. The van der Waals surface area contributed by atoms with Gasteiger partial charge in [-0.1, -0.05) is 6.07 Å². The minimum atomic E-state index is -0.147. The predicted molar refractivity (Wildman–Crippen MR) is 102 cm³/mol. The van der Waals surface area contributed by atoms with Gasteiger partial charge in [0.15, 0.2) is 5.82 Å². The highest BCUT2D eigenvalue weighted by atomic mass is 16.1. The molecule has 8 heteroatoms. The minimum absolute atomic E-state index is 0.147. The summed E-state index contributed by atoms with van der Waals surface area (Å²) in [6, 6.07) is 6.36. The van der Waals surface area contributed by atoms with Crippen molar-refractivity contribution in [2.45, 2.75) is 18.9 Å². The summed E-state index contributed by atoms with van der Waals surface area (Å²) < 4.78 is 1.45. The van der Waals surface area contributed by atoms with Crippen LogP contribution in [0, 0.1) is 0 Å². The molecule has 0 unspecified atom stereocenters. The second kappa shape index (κ2) is 6.62. The standard InChI is InChI=1S/C19H21N7O/c27-19-16(14-2-1-5-20-11-14)12-23-26(19)18-10-17(21-13-22-18)25-8-6-24(7-9-25)15-3-4-15/h1-2,5,10-13,15,23H,3-4,6-9H2. The Morgan fingerprint density at radius 1 is 1.07 bits per heavy atom. The van der Waals surface area contributed by atoms with E-state index < -0.39 is 0 Å². The number of aromatic nitrogens is 5. The molecule has 5 rings (SSSR count). The highest BCUT2D eigenvalue weighted by Gasteiger charge is 2.31. The molecule has 0 spiro atoms. The first-order valence-corrected chi connectivity index (χ1v) is 9.32. The van der Waals surface area contributed by atoms with Crippen LogP contribution in [0.25, 0.3) is 16.9 Å². The third kappa shape index (κ3) is 3.12. The van der Waals surface area contributed by atoms with Crippen LogP contribution in [0.4, 0.5) is 5.82 Å². The molecule has 0 radical (unpaired) electrons. The molecule has 0 atom stereocenters. The lowest BCUT2D eigenvalue weighted by atomic mass is 10.2. The molecule has 8 nitrogen and oxygen atoms in total. The van der Waals surface area contributed by atoms with E-state index in [0.717, 1.165) is 43.6 Å². The lowest BCUT2D eigenvalue weighted by molar-refractivity contribution is 0.247. The van der Waals surface area contributed by atoms with E-state index in [1.807, 2.05) is 18.2 Å². The molecule has 4 heterocycles. The van der Waals surface area contributed by atoms with E-state index in [0.29, 0.717) is 11.4 Å². The molecule has 0 aromatic carbocycles. The Morgan fingerprint density at radius 3 is 2.63 bits per heavy atom. The van der Waals surface area contributed by atoms with Crippen molar-refractivity contribution in [2.24, 2.45) is 0 Å². The topological polar surface area (TPSA) is 82.9 Å². The highest BCUT2D eigenvalue weighted by Crippen LogP contribution is 2.28. The third-order valence-electron chi connectivity index (χ3n) is 5.31. The molecule has 1 saturated carbocycles. The van der Waals surface area contributed by atoms with Crippen molar-refractivity contribution in [1.29, 1.82) is 0 Å². The van der Waals surface area contributed by atoms with Crippen molar-refractivity contribution in [1.82, 2.24) is 29.6 Å². The summed E-state index contributed by atoms with van der Waals surface area (Å²) in [5.41, 5.74) is 1.20. The molecule has 2 fully saturated rings. The summed E-state index contributed by atoms with van der Waals surface area (Å²) in [6.45, 7) is 4.04. The molecule has 2 aliphatic rings. The van der Waals surface area contributed by atoms with Crippen molar-refractivity contribution in [3.63, 3.8) is 0 Å². The van der Waals surface area contributed by atoms with Crippen LogP contribution in [-0.4, -0.2) is 61.9 Å². The van der Waals surface area contributed by atoms with Crippen molar-refractivity contribution < 1.29 is 0 Å². The first-order valence-electron chi connectivity index (χ1n) is 9.32. The van der Waals surface area contributed by atoms with Crippen molar-refractivity contribution in [3.05, 3.63) is 53.5 Å². The summed E-state index contributed by atoms with van der Waals surface area (Å²) in [7, 11) is 0. The Hall–Kier alpha value is -3.00. The van der Waals surface area contributed by atoms with E-state index in [4.69, 9.17) is 0 Å². The van der Waals surface area contributed by atoms with Crippen LogP contribution in [-0.2, 0) is 0 Å². The van der Waals surface area contributed by atoms with Crippen LogP contribution < -0.4 is 10.5 Å². The number of H-pyrrole nitrogens is 1. The first kappa shape index (κ1) is 16.2. The van der Waals surface area contributed by atoms with Crippen molar-refractivity contribution in [2.75, 3.05) is 31.1 Å². The summed E-state index contributed by atoms with van der Waals surface area (Å²) in [5.74, 6) is 1.41. The monoisotopic (exact) mass is 363 g/mol. The predicted octanol–water partition coefficient (Wildman–Crippen LogP) is 1.30. The molecular formula is C19H21N7O. The number of nitrogens with one attached hydrogen (secondary N) is 1. The molecule has 1 aliphatic heterocycles. The Balaban J connectivity index is 1.40. The van der Waals surface area contributed by atoms with E-state index in [2.05, 4.69) is 29.9 Å². The van der Waals surface area contributed by atoms with Crippen molar-refractivity contribution >= 4 is 5.82 Å². The lowest BCUT2D eigenvalue weighted by Gasteiger charge is -2.35. The van der Waals surface area contributed by atoms with E-state index in [9.17, 15) is 4.79 Å². The number of hydrogen-bond donors (Lipinski definition) is 1. The number of piperazine rings is 1. The fourth-order valence-corrected chi connectivity index (χ4v) is 3.66. The minimum Gasteiger partial charge on any atom is -0.354 e. The van der Waals surface area contributed by atoms with Gasteiger partial charge in [0.05, 0.1) is 5.56 Å². The smallest absolute Gasteiger partial charge is 0.280 e. The second-order valence-corrected chi connectivity index (χ2v) is 7.06. The largest absolute Gasteiger partial charge is 0.354 e. The number of pyridine rings is 1. The van der Waals surface area contributed by atoms with Gasteiger partial charge in [0, 0.05) is 62.4 Å². The molecule has 1 saturated heterocycles. The SMILES string of the molecule is O=c1c(-c2cccnc2)c[nH]n1-c1cc(N2CCN(C3CC3)CC2)ncn1. The number of anilines is 1. The molecule has 138 valence electrons. The molecule has 3 aromatic rings. The van der Waals surface area contributed by atoms with Crippen LogP contribution in [0.2, 0.25) is 0 Å². The maximum absolute atomic E-state index is 12.8. The van der Waals surface area contributed by atoms with E-state index in [1.54, 1.807) is 18.6 Å². The molecule has 1 aliphatic carbocycles. The molecule has 0 amide bonds. The maximum atomic E-state index is 12.8. The Labute approximate surface area is 156 Å². The average Bonchev–Trinajstić information content (AvgIpc) is 3.51. The first-order chi connectivity index (χ1) is 13.3. The molecule has 27 heavy (non-hydrogen) atoms. The van der Waals surface area contributed by atoms with Gasteiger partial charge in [-0.2, -0.15) is 0 Å². The van der Waals surface area contributed by atoms with Gasteiger partial charge in [-0.05, 0) is 18.9 Å². The zero-order valence-electron chi connectivity index (χ0n) is 15.0. The summed E-state index contributed by atoms with van der Waals surface area (Å²) >= 11 is 0. The van der Waals surface area contributed by atoms with Crippen LogP contribution in [0.5, 0.6) is 0 Å². The van der Waals surface area contributed by atoms with E-state index in [1.165, 1.54) is 23.9 Å². The summed E-state index contributed by atoms with van der Waals surface area (Å²) in [6.07, 6.45) is 9.26. The van der Waals surface area contributed by atoms with Gasteiger partial charge < -0.3 is 4.90 Å². The maximum Gasteiger partial charge on any atom is 0.280 e. The van der Waals surface area contributed by atoms with Gasteiger partial charge in [-0.3, -0.25) is 19.8 Å². The van der Waals surface area contributed by atoms with E-state index in [-0.39, 0.29) is 5.56 Å². The van der Waals surface area contributed by atoms with E-state index >= 15 is 0 Å². The van der Waals surface area contributed by atoms with Gasteiger partial charge in [0.1, 0.15) is 12.1 Å². The zero-order valence-corrected chi connectivity index (χ0v) is 15.0. The van der Waals surface area contributed by atoms with Gasteiger partial charge >= 0.3 is 0 Å².